The smallest absolute Gasteiger partial charge is 0.225 e. The number of hydrogen-bond donors (Lipinski definition) is 1. The van der Waals surface area contributed by atoms with Gasteiger partial charge in [-0.3, -0.25) is 14.4 Å². The number of piperidine rings is 1. The summed E-state index contributed by atoms with van der Waals surface area (Å²) in [7, 11) is 0. The van der Waals surface area contributed by atoms with Crippen molar-refractivity contribution in [1.82, 2.24) is 34.5 Å². The predicted molar refractivity (Wildman–Crippen MR) is 122 cm³/mol. The molecule has 0 unspecified atom stereocenters. The maximum Gasteiger partial charge on any atom is 0.225 e. The van der Waals surface area contributed by atoms with Crippen molar-refractivity contribution in [2.24, 2.45) is 5.92 Å². The van der Waals surface area contributed by atoms with E-state index in [4.69, 9.17) is 0 Å². The third-order valence-electron chi connectivity index (χ3n) is 7.74. The van der Waals surface area contributed by atoms with Crippen LogP contribution >= 0.6 is 0 Å². The monoisotopic (exact) mass is 433 g/mol. The van der Waals surface area contributed by atoms with E-state index in [9.17, 15) is 4.79 Å². The molecule has 0 bridgehead atoms. The number of rotatable bonds is 4. The second-order valence-corrected chi connectivity index (χ2v) is 9.67. The third kappa shape index (κ3) is 3.60. The van der Waals surface area contributed by atoms with Crippen molar-refractivity contribution in [3.63, 3.8) is 0 Å². The van der Waals surface area contributed by atoms with Gasteiger partial charge in [0.25, 0.3) is 0 Å². The number of hydrogen-bond acceptors (Lipinski definition) is 5. The molecular formula is C24H31N7O. The molecule has 1 N–H and O–H groups in total. The van der Waals surface area contributed by atoms with Crippen LogP contribution in [0.1, 0.15) is 51.0 Å². The number of amides is 1. The number of nitrogens with zero attached hydrogens (tertiary/aromatic N) is 6. The van der Waals surface area contributed by atoms with E-state index in [-0.39, 0.29) is 0 Å². The van der Waals surface area contributed by atoms with Crippen molar-refractivity contribution >= 4 is 16.9 Å². The average Bonchev–Trinajstić information content (AvgIpc) is 3.48. The Labute approximate surface area is 188 Å². The molecule has 0 atom stereocenters. The number of carbonyl (C=O) groups is 1. The highest BCUT2D eigenvalue weighted by Gasteiger charge is 2.37. The lowest BCUT2D eigenvalue weighted by molar-refractivity contribution is -0.138. The normalized spacial score (nSPS) is 21.8. The van der Waals surface area contributed by atoms with Gasteiger partial charge in [-0.25, -0.2) is 9.97 Å². The summed E-state index contributed by atoms with van der Waals surface area (Å²) in [4.78, 5) is 29.4. The second kappa shape index (κ2) is 8.31. The van der Waals surface area contributed by atoms with Gasteiger partial charge in [-0.2, -0.15) is 5.10 Å². The predicted octanol–water partition coefficient (Wildman–Crippen LogP) is 3.25. The zero-order valence-electron chi connectivity index (χ0n) is 18.5. The van der Waals surface area contributed by atoms with E-state index in [1.54, 1.807) is 6.33 Å². The fourth-order valence-electron chi connectivity index (χ4n) is 5.77. The molecule has 6 rings (SSSR count). The molecular weight excluding hydrogens is 402 g/mol. The largest absolute Gasteiger partial charge is 0.346 e. The highest BCUT2D eigenvalue weighted by molar-refractivity contribution is 5.90. The van der Waals surface area contributed by atoms with Gasteiger partial charge in [0.2, 0.25) is 5.91 Å². The zero-order valence-corrected chi connectivity index (χ0v) is 18.5. The SMILES string of the molecule is O=C(C1CCCCC1)N1CCC(N2CC(n3cc(-c4ncnc5[nH]ccc45)cn3)C2)CC1. The Morgan fingerprint density at radius 3 is 2.62 bits per heavy atom. The Kier molecular flexibility index (Phi) is 5.17. The lowest BCUT2D eigenvalue weighted by Crippen LogP contribution is -2.56. The lowest BCUT2D eigenvalue weighted by atomic mass is 9.87. The van der Waals surface area contributed by atoms with Gasteiger partial charge in [-0.15, -0.1) is 0 Å². The summed E-state index contributed by atoms with van der Waals surface area (Å²) in [6.45, 7) is 3.91. The van der Waals surface area contributed by atoms with Crippen molar-refractivity contribution in [1.29, 1.82) is 0 Å². The van der Waals surface area contributed by atoms with Crippen LogP contribution in [0.2, 0.25) is 0 Å². The molecule has 32 heavy (non-hydrogen) atoms. The summed E-state index contributed by atoms with van der Waals surface area (Å²) < 4.78 is 2.09. The summed E-state index contributed by atoms with van der Waals surface area (Å²) in [6, 6.07) is 3.02. The summed E-state index contributed by atoms with van der Waals surface area (Å²) in [5.74, 6) is 0.722. The molecule has 168 valence electrons. The molecule has 3 aliphatic rings. The number of likely N-dealkylation sites (tertiary alicyclic amines) is 2. The van der Waals surface area contributed by atoms with E-state index >= 15 is 0 Å². The maximum atomic E-state index is 12.8. The van der Waals surface area contributed by atoms with Crippen molar-refractivity contribution in [3.8, 4) is 11.3 Å². The molecule has 0 radical (unpaired) electrons. The van der Waals surface area contributed by atoms with Gasteiger partial charge < -0.3 is 9.88 Å². The number of carbonyl (C=O) groups excluding carboxylic acids is 1. The number of nitrogens with one attached hydrogen (secondary N) is 1. The molecule has 1 amide bonds. The van der Waals surface area contributed by atoms with Crippen LogP contribution in [0.3, 0.4) is 0 Å². The zero-order chi connectivity index (χ0) is 21.5. The van der Waals surface area contributed by atoms with E-state index in [2.05, 4.69) is 40.7 Å². The van der Waals surface area contributed by atoms with Crippen LogP contribution in [0.15, 0.2) is 31.0 Å². The number of H-pyrrole nitrogens is 1. The molecule has 1 saturated carbocycles. The fourth-order valence-corrected chi connectivity index (χ4v) is 5.77. The van der Waals surface area contributed by atoms with Crippen molar-refractivity contribution in [2.75, 3.05) is 26.2 Å². The average molecular weight is 434 g/mol. The molecule has 8 heteroatoms. The Balaban J connectivity index is 1.03. The number of aromatic nitrogens is 5. The molecule has 2 saturated heterocycles. The molecule has 0 spiro atoms. The van der Waals surface area contributed by atoms with Crippen molar-refractivity contribution in [2.45, 2.75) is 57.0 Å². The minimum Gasteiger partial charge on any atom is -0.346 e. The summed E-state index contributed by atoms with van der Waals surface area (Å²) in [6.07, 6.45) is 15.7. The van der Waals surface area contributed by atoms with Crippen molar-refractivity contribution in [3.05, 3.63) is 31.0 Å². The first kappa shape index (κ1) is 19.9. The van der Waals surface area contributed by atoms with Crippen LogP contribution in [0.25, 0.3) is 22.3 Å². The Morgan fingerprint density at radius 2 is 1.81 bits per heavy atom. The third-order valence-corrected chi connectivity index (χ3v) is 7.74. The van der Waals surface area contributed by atoms with Crippen LogP contribution in [0, 0.1) is 5.92 Å². The Bertz CT molecular complexity index is 1080. The van der Waals surface area contributed by atoms with Gasteiger partial charge in [-0.05, 0) is 31.7 Å². The summed E-state index contributed by atoms with van der Waals surface area (Å²) >= 11 is 0. The first-order valence-electron chi connectivity index (χ1n) is 12.1. The van der Waals surface area contributed by atoms with Crippen LogP contribution in [-0.4, -0.2) is 72.7 Å². The van der Waals surface area contributed by atoms with Gasteiger partial charge in [0.15, 0.2) is 0 Å². The van der Waals surface area contributed by atoms with Crippen molar-refractivity contribution < 1.29 is 4.79 Å². The topological polar surface area (TPSA) is 82.9 Å². The van der Waals surface area contributed by atoms with Crippen LogP contribution in [0.4, 0.5) is 0 Å². The highest BCUT2D eigenvalue weighted by Crippen LogP contribution is 2.32. The quantitative estimate of drug-likeness (QED) is 0.683. The maximum absolute atomic E-state index is 12.8. The van der Waals surface area contributed by atoms with E-state index in [0.717, 1.165) is 74.2 Å². The number of fused-ring (bicyclic) bond motifs is 1. The minimum absolute atomic E-state index is 0.296. The molecule has 3 fully saturated rings. The molecule has 0 aromatic carbocycles. The number of aromatic amines is 1. The molecule has 3 aromatic heterocycles. The summed E-state index contributed by atoms with van der Waals surface area (Å²) in [5, 5.41) is 5.66. The van der Waals surface area contributed by atoms with Crippen LogP contribution in [-0.2, 0) is 4.79 Å². The second-order valence-electron chi connectivity index (χ2n) is 9.67. The fraction of sp³-hybridized carbons (Fsp3) is 0.583. The lowest BCUT2D eigenvalue weighted by Gasteiger charge is -2.47. The van der Waals surface area contributed by atoms with Crippen LogP contribution < -0.4 is 0 Å². The van der Waals surface area contributed by atoms with Gasteiger partial charge in [0.1, 0.15) is 12.0 Å². The van der Waals surface area contributed by atoms with E-state index in [1.807, 2.05) is 18.5 Å². The Hall–Kier alpha value is -2.74. The molecule has 3 aromatic rings. The van der Waals surface area contributed by atoms with Crippen LogP contribution in [0.5, 0.6) is 0 Å². The first-order valence-corrected chi connectivity index (χ1v) is 12.1. The van der Waals surface area contributed by atoms with Gasteiger partial charge >= 0.3 is 0 Å². The van der Waals surface area contributed by atoms with Gasteiger partial charge in [-0.1, -0.05) is 19.3 Å². The standard InChI is InChI=1S/C24H31N7O/c32-24(17-4-2-1-3-5-17)29-10-7-19(8-11-29)30-14-20(15-30)31-13-18(12-28-31)22-21-6-9-25-23(21)27-16-26-22/h6,9,12-13,16-17,19-20H,1-5,7-8,10-11,14-15H2,(H,25,26,27). The van der Waals surface area contributed by atoms with E-state index in [1.165, 1.54) is 19.3 Å². The first-order chi connectivity index (χ1) is 15.8. The summed E-state index contributed by atoms with van der Waals surface area (Å²) in [5.41, 5.74) is 2.81. The van der Waals surface area contributed by atoms with Gasteiger partial charge in [0.05, 0.1) is 17.9 Å². The molecule has 5 heterocycles. The molecule has 2 aliphatic heterocycles. The highest BCUT2D eigenvalue weighted by atomic mass is 16.2. The Morgan fingerprint density at radius 1 is 1.00 bits per heavy atom. The van der Waals surface area contributed by atoms with Gasteiger partial charge in [0, 0.05) is 61.5 Å². The molecule has 1 aliphatic carbocycles. The molecule has 8 nitrogen and oxygen atoms in total. The van der Waals surface area contributed by atoms with E-state index in [0.29, 0.717) is 23.9 Å². The minimum atomic E-state index is 0.296. The van der Waals surface area contributed by atoms with E-state index < -0.39 is 0 Å².